The summed E-state index contributed by atoms with van der Waals surface area (Å²) in [5.74, 6) is 0.436. The quantitative estimate of drug-likeness (QED) is 0.309. The highest BCUT2D eigenvalue weighted by Gasteiger charge is 2.19. The molecule has 0 amide bonds. The van der Waals surface area contributed by atoms with Crippen LogP contribution in [-0.4, -0.2) is 54.8 Å². The lowest BCUT2D eigenvalue weighted by molar-refractivity contribution is -0.117. The first-order valence-corrected chi connectivity index (χ1v) is 12.5. The van der Waals surface area contributed by atoms with E-state index in [1.807, 2.05) is 50.1 Å². The van der Waals surface area contributed by atoms with Gasteiger partial charge in [-0.1, -0.05) is 24.3 Å². The number of carbonyl (C=O) groups is 2. The van der Waals surface area contributed by atoms with Crippen LogP contribution in [0.2, 0.25) is 0 Å². The molecule has 7 nitrogen and oxygen atoms in total. The number of aromatic hydroxyl groups is 1. The van der Waals surface area contributed by atoms with Gasteiger partial charge in [0.1, 0.15) is 23.1 Å². The summed E-state index contributed by atoms with van der Waals surface area (Å²) in [6, 6.07) is 20.0. The number of hydrogen-bond donors (Lipinski definition) is 2. The molecule has 0 aliphatic carbocycles. The highest BCUT2D eigenvalue weighted by atomic mass is 16.3. The van der Waals surface area contributed by atoms with Crippen LogP contribution >= 0.6 is 0 Å². The largest absolute Gasteiger partial charge is 0.507 e. The Hall–Kier alpha value is -4.39. The molecule has 4 aromatic rings. The van der Waals surface area contributed by atoms with Crippen LogP contribution in [0.5, 0.6) is 5.75 Å². The van der Waals surface area contributed by atoms with Crippen LogP contribution in [0.1, 0.15) is 25.0 Å². The number of rotatable bonds is 9. The molecule has 1 heterocycles. The number of Topliss-reactive ketones (excluding diaryl/α,β-unsaturated/α-hetero) is 2. The Balaban J connectivity index is 1.90. The maximum absolute atomic E-state index is 11.9. The summed E-state index contributed by atoms with van der Waals surface area (Å²) in [5.41, 5.74) is 7.43. The Kier molecular flexibility index (Phi) is 7.67. The zero-order valence-electron chi connectivity index (χ0n) is 22.8. The number of H-pyrrole nitrogens is 1. The minimum atomic E-state index is -0.0750. The van der Waals surface area contributed by atoms with Gasteiger partial charge in [-0.3, -0.25) is 9.59 Å². The van der Waals surface area contributed by atoms with Crippen LogP contribution in [0, 0.1) is 0 Å². The molecule has 0 fully saturated rings. The van der Waals surface area contributed by atoms with Crippen LogP contribution in [0.25, 0.3) is 33.9 Å². The fourth-order valence-corrected chi connectivity index (χ4v) is 4.47. The average molecular weight is 511 g/mol. The summed E-state index contributed by atoms with van der Waals surface area (Å²) in [5, 5.41) is 10.8. The molecule has 0 aliphatic heterocycles. The van der Waals surface area contributed by atoms with Crippen molar-refractivity contribution in [1.29, 1.82) is 0 Å². The van der Waals surface area contributed by atoms with Gasteiger partial charge in [-0.05, 0) is 50.2 Å². The molecule has 0 bridgehead atoms. The predicted octanol–water partition coefficient (Wildman–Crippen LogP) is 5.51. The first-order valence-electron chi connectivity index (χ1n) is 12.5. The second-order valence-electron chi connectivity index (χ2n) is 10.1. The van der Waals surface area contributed by atoms with Crippen LogP contribution in [0.3, 0.4) is 0 Å². The van der Waals surface area contributed by atoms with Gasteiger partial charge in [-0.15, -0.1) is 0 Å². The van der Waals surface area contributed by atoms with Gasteiger partial charge in [-0.25, -0.2) is 4.98 Å². The minimum absolute atomic E-state index is 0.00954. The lowest BCUT2D eigenvalue weighted by atomic mass is 9.97. The molecular weight excluding hydrogens is 476 g/mol. The molecule has 0 atom stereocenters. The van der Waals surface area contributed by atoms with Gasteiger partial charge < -0.3 is 19.9 Å². The smallest absolute Gasteiger partial charge is 0.138 e. The molecule has 0 spiro atoms. The van der Waals surface area contributed by atoms with Gasteiger partial charge in [0, 0.05) is 80.2 Å². The van der Waals surface area contributed by atoms with Crippen molar-refractivity contribution in [2.75, 3.05) is 38.0 Å². The Labute approximate surface area is 223 Å². The van der Waals surface area contributed by atoms with Gasteiger partial charge in [0.25, 0.3) is 0 Å². The van der Waals surface area contributed by atoms with E-state index in [9.17, 15) is 14.7 Å². The zero-order chi connectivity index (χ0) is 27.6. The monoisotopic (exact) mass is 510 g/mol. The highest BCUT2D eigenvalue weighted by molar-refractivity contribution is 5.85. The number of carbonyl (C=O) groups excluding carboxylic acids is 2. The van der Waals surface area contributed by atoms with Crippen LogP contribution < -0.4 is 9.80 Å². The van der Waals surface area contributed by atoms with Crippen LogP contribution in [0.15, 0.2) is 60.7 Å². The maximum Gasteiger partial charge on any atom is 0.138 e. The number of ketones is 2. The molecule has 38 heavy (non-hydrogen) atoms. The third kappa shape index (κ3) is 5.78. The van der Waals surface area contributed by atoms with Crippen molar-refractivity contribution in [2.24, 2.45) is 0 Å². The van der Waals surface area contributed by atoms with Crippen molar-refractivity contribution in [2.45, 2.75) is 26.7 Å². The Morgan fingerprint density at radius 1 is 0.737 bits per heavy atom. The fraction of sp³-hybridized carbons (Fsp3) is 0.258. The third-order valence-electron chi connectivity index (χ3n) is 6.45. The van der Waals surface area contributed by atoms with Crippen LogP contribution in [0.4, 0.5) is 11.4 Å². The van der Waals surface area contributed by atoms with Crippen molar-refractivity contribution < 1.29 is 14.7 Å². The van der Waals surface area contributed by atoms with Crippen molar-refractivity contribution in [3.05, 3.63) is 71.8 Å². The molecule has 0 saturated heterocycles. The lowest BCUT2D eigenvalue weighted by Crippen LogP contribution is -2.08. The molecular formula is C31H34N4O3. The van der Waals surface area contributed by atoms with E-state index >= 15 is 0 Å². The van der Waals surface area contributed by atoms with Crippen molar-refractivity contribution >= 4 is 22.9 Å². The summed E-state index contributed by atoms with van der Waals surface area (Å²) in [7, 11) is 8.01. The molecule has 1 aromatic heterocycles. The second-order valence-corrected chi connectivity index (χ2v) is 10.1. The standard InChI is InChI=1S/C31H34N4O3/c1-19(36)15-23-17-25(18-24(30(23)38)16-20(2)37)31-32-28(21-7-11-26(12-8-21)34(3)4)29(33-31)22-9-13-27(14-10-22)35(5)6/h7-14,17-18,38H,15-16H2,1-6H3,(H,32,33). The summed E-state index contributed by atoms with van der Waals surface area (Å²) < 4.78 is 0. The number of phenols is 1. The number of aromatic nitrogens is 2. The van der Waals surface area contributed by atoms with E-state index in [-0.39, 0.29) is 30.2 Å². The van der Waals surface area contributed by atoms with Gasteiger partial charge in [0.05, 0.1) is 11.4 Å². The van der Waals surface area contributed by atoms with Crippen molar-refractivity contribution in [3.63, 3.8) is 0 Å². The van der Waals surface area contributed by atoms with Gasteiger partial charge in [-0.2, -0.15) is 0 Å². The number of imidazole rings is 1. The number of anilines is 2. The molecule has 3 aromatic carbocycles. The van der Waals surface area contributed by atoms with E-state index < -0.39 is 0 Å². The van der Waals surface area contributed by atoms with E-state index in [1.54, 1.807) is 12.1 Å². The molecule has 0 unspecified atom stereocenters. The number of nitrogens with one attached hydrogen (secondary N) is 1. The van der Waals surface area contributed by atoms with Gasteiger partial charge >= 0.3 is 0 Å². The zero-order valence-corrected chi connectivity index (χ0v) is 22.8. The number of nitrogens with zero attached hydrogens (tertiary/aromatic N) is 3. The molecule has 0 aliphatic rings. The van der Waals surface area contributed by atoms with E-state index in [2.05, 4.69) is 41.4 Å². The molecule has 2 N–H and O–H groups in total. The third-order valence-corrected chi connectivity index (χ3v) is 6.45. The first kappa shape index (κ1) is 26.7. The van der Waals surface area contributed by atoms with Gasteiger partial charge in [0.15, 0.2) is 0 Å². The second kappa shape index (κ2) is 10.9. The predicted molar refractivity (Wildman–Crippen MR) is 154 cm³/mol. The number of benzene rings is 3. The summed E-state index contributed by atoms with van der Waals surface area (Å²) in [6.45, 7) is 2.96. The minimum Gasteiger partial charge on any atom is -0.507 e. The summed E-state index contributed by atoms with van der Waals surface area (Å²) >= 11 is 0. The highest BCUT2D eigenvalue weighted by Crippen LogP contribution is 2.36. The molecule has 0 radical (unpaired) electrons. The topological polar surface area (TPSA) is 89.5 Å². The number of aromatic amines is 1. The van der Waals surface area contributed by atoms with Crippen molar-refractivity contribution in [1.82, 2.24) is 9.97 Å². The number of hydrogen-bond acceptors (Lipinski definition) is 6. The van der Waals surface area contributed by atoms with E-state index in [1.165, 1.54) is 13.8 Å². The molecule has 0 saturated carbocycles. The SMILES string of the molecule is CC(=O)Cc1cc(-c2nc(-c3ccc(N(C)C)cc3)c(-c3ccc(N(C)C)cc3)[nH]2)cc(CC(C)=O)c1O. The Bertz CT molecular complexity index is 1360. The summed E-state index contributed by atoms with van der Waals surface area (Å²) in [6.07, 6.45) is 0.145. The fourth-order valence-electron chi connectivity index (χ4n) is 4.47. The van der Waals surface area contributed by atoms with Crippen molar-refractivity contribution in [3.8, 4) is 39.7 Å². The Morgan fingerprint density at radius 2 is 1.18 bits per heavy atom. The summed E-state index contributed by atoms with van der Waals surface area (Å²) in [4.78, 5) is 36.4. The van der Waals surface area contributed by atoms with E-state index in [0.29, 0.717) is 22.5 Å². The van der Waals surface area contributed by atoms with Gasteiger partial charge in [0.2, 0.25) is 0 Å². The van der Waals surface area contributed by atoms with Crippen LogP contribution in [-0.2, 0) is 22.4 Å². The van der Waals surface area contributed by atoms with E-state index in [4.69, 9.17) is 4.98 Å². The molecule has 4 rings (SSSR count). The lowest BCUT2D eigenvalue weighted by Gasteiger charge is -2.13. The maximum atomic E-state index is 11.9. The van der Waals surface area contributed by atoms with E-state index in [0.717, 1.165) is 33.9 Å². The average Bonchev–Trinajstić information content (AvgIpc) is 3.31. The molecule has 7 heteroatoms. The molecule has 196 valence electrons. The number of phenolic OH excluding ortho intramolecular Hbond substituents is 1. The first-order chi connectivity index (χ1) is 18.0. The normalized spacial score (nSPS) is 10.9. The Morgan fingerprint density at radius 3 is 1.61 bits per heavy atom.